The Morgan fingerprint density at radius 1 is 1.40 bits per heavy atom. The Bertz CT molecular complexity index is 131. The molecule has 10 heavy (non-hydrogen) atoms. The first-order chi connectivity index (χ1) is 4.80. The maximum atomic E-state index is 9.23. The SMILES string of the molecule is CC1CCCCC/N=C\1O. The van der Waals surface area contributed by atoms with Crippen LogP contribution in [0, 0.1) is 5.92 Å². The van der Waals surface area contributed by atoms with E-state index in [0.29, 0.717) is 11.8 Å². The first-order valence-corrected chi connectivity index (χ1v) is 4.04. The topological polar surface area (TPSA) is 32.6 Å². The summed E-state index contributed by atoms with van der Waals surface area (Å²) in [4.78, 5) is 4.04. The monoisotopic (exact) mass is 141 g/mol. The van der Waals surface area contributed by atoms with E-state index >= 15 is 0 Å². The fourth-order valence-corrected chi connectivity index (χ4v) is 1.22. The summed E-state index contributed by atoms with van der Waals surface area (Å²) in [5.41, 5.74) is 0. The number of hydrogen-bond donors (Lipinski definition) is 1. The van der Waals surface area contributed by atoms with Gasteiger partial charge >= 0.3 is 0 Å². The summed E-state index contributed by atoms with van der Waals surface area (Å²) < 4.78 is 0. The van der Waals surface area contributed by atoms with Gasteiger partial charge in [0, 0.05) is 12.5 Å². The van der Waals surface area contributed by atoms with Gasteiger partial charge in [-0.1, -0.05) is 19.8 Å². The average Bonchev–Trinajstić information content (AvgIpc) is 1.92. The van der Waals surface area contributed by atoms with Gasteiger partial charge in [0.25, 0.3) is 0 Å². The van der Waals surface area contributed by atoms with Crippen molar-refractivity contribution in [2.24, 2.45) is 10.9 Å². The standard InChI is InChI=1S/C8H15NO/c1-7-5-3-2-4-6-9-8(7)10/h7H,2-6H2,1H3,(H,9,10). The van der Waals surface area contributed by atoms with E-state index in [1.54, 1.807) is 0 Å². The van der Waals surface area contributed by atoms with Crippen LogP contribution < -0.4 is 0 Å². The number of rotatable bonds is 0. The first-order valence-electron chi connectivity index (χ1n) is 4.04. The summed E-state index contributed by atoms with van der Waals surface area (Å²) in [6.07, 6.45) is 4.73. The molecule has 2 nitrogen and oxygen atoms in total. The van der Waals surface area contributed by atoms with Gasteiger partial charge < -0.3 is 5.11 Å². The third kappa shape index (κ3) is 2.01. The molecule has 1 aliphatic heterocycles. The smallest absolute Gasteiger partial charge is 0.183 e. The van der Waals surface area contributed by atoms with Gasteiger partial charge in [0.15, 0.2) is 5.90 Å². The number of nitrogens with zero attached hydrogens (tertiary/aromatic N) is 1. The van der Waals surface area contributed by atoms with Gasteiger partial charge in [-0.2, -0.15) is 0 Å². The third-order valence-corrected chi connectivity index (χ3v) is 2.01. The van der Waals surface area contributed by atoms with Crippen LogP contribution in [0.5, 0.6) is 0 Å². The molecule has 0 bridgehead atoms. The molecule has 1 heterocycles. The van der Waals surface area contributed by atoms with Crippen molar-refractivity contribution in [3.05, 3.63) is 0 Å². The highest BCUT2D eigenvalue weighted by molar-refractivity contribution is 5.76. The summed E-state index contributed by atoms with van der Waals surface area (Å²) in [5, 5.41) is 9.23. The number of aliphatic hydroxyl groups excluding tert-OH is 1. The highest BCUT2D eigenvalue weighted by Crippen LogP contribution is 2.13. The lowest BCUT2D eigenvalue weighted by atomic mass is 10.0. The zero-order valence-corrected chi connectivity index (χ0v) is 6.51. The molecule has 0 spiro atoms. The molecule has 0 fully saturated rings. The first kappa shape index (κ1) is 7.58. The number of aliphatic hydroxyl groups is 1. The highest BCUT2D eigenvalue weighted by Gasteiger charge is 2.09. The van der Waals surface area contributed by atoms with Crippen molar-refractivity contribution < 1.29 is 5.11 Å². The molecule has 58 valence electrons. The Morgan fingerprint density at radius 2 is 2.20 bits per heavy atom. The summed E-state index contributed by atoms with van der Waals surface area (Å²) in [6, 6.07) is 0. The van der Waals surface area contributed by atoms with E-state index in [0.717, 1.165) is 19.4 Å². The molecule has 0 radical (unpaired) electrons. The van der Waals surface area contributed by atoms with Crippen molar-refractivity contribution in [2.75, 3.05) is 6.54 Å². The van der Waals surface area contributed by atoms with Crippen molar-refractivity contribution in [1.29, 1.82) is 0 Å². The van der Waals surface area contributed by atoms with Crippen LogP contribution in [0.1, 0.15) is 32.6 Å². The maximum Gasteiger partial charge on any atom is 0.183 e. The van der Waals surface area contributed by atoms with Crippen molar-refractivity contribution in [3.63, 3.8) is 0 Å². The van der Waals surface area contributed by atoms with Gasteiger partial charge in [-0.15, -0.1) is 0 Å². The van der Waals surface area contributed by atoms with Crippen LogP contribution in [0.25, 0.3) is 0 Å². The lowest BCUT2D eigenvalue weighted by Crippen LogP contribution is -2.12. The molecule has 0 aromatic carbocycles. The van der Waals surface area contributed by atoms with Gasteiger partial charge in [0.05, 0.1) is 0 Å². The van der Waals surface area contributed by atoms with E-state index in [4.69, 9.17) is 0 Å². The molecular weight excluding hydrogens is 126 g/mol. The summed E-state index contributed by atoms with van der Waals surface area (Å²) >= 11 is 0. The minimum absolute atomic E-state index is 0.292. The quantitative estimate of drug-likeness (QED) is 0.551. The number of aliphatic imine (C=N–C) groups is 1. The van der Waals surface area contributed by atoms with Crippen molar-refractivity contribution in [1.82, 2.24) is 0 Å². The summed E-state index contributed by atoms with van der Waals surface area (Å²) in [5.74, 6) is 0.653. The largest absolute Gasteiger partial charge is 0.496 e. The lowest BCUT2D eigenvalue weighted by Gasteiger charge is -2.11. The van der Waals surface area contributed by atoms with Crippen LogP contribution in [0.3, 0.4) is 0 Å². The molecule has 1 N–H and O–H groups in total. The minimum atomic E-state index is 0.292. The fourth-order valence-electron chi connectivity index (χ4n) is 1.22. The van der Waals surface area contributed by atoms with Crippen LogP contribution in [0.2, 0.25) is 0 Å². The van der Waals surface area contributed by atoms with E-state index < -0.39 is 0 Å². The van der Waals surface area contributed by atoms with Crippen LogP contribution in [0.4, 0.5) is 0 Å². The molecule has 1 unspecified atom stereocenters. The van der Waals surface area contributed by atoms with E-state index in [1.165, 1.54) is 12.8 Å². The maximum absolute atomic E-state index is 9.23. The van der Waals surface area contributed by atoms with Crippen LogP contribution in [-0.4, -0.2) is 17.5 Å². The predicted octanol–water partition coefficient (Wildman–Crippen LogP) is 2.15. The van der Waals surface area contributed by atoms with Crippen molar-refractivity contribution in [3.8, 4) is 0 Å². The van der Waals surface area contributed by atoms with Gasteiger partial charge in [-0.25, -0.2) is 0 Å². The van der Waals surface area contributed by atoms with Crippen molar-refractivity contribution >= 4 is 5.90 Å². The normalized spacial score (nSPS) is 33.7. The molecular formula is C8H15NO. The molecule has 1 rings (SSSR count). The van der Waals surface area contributed by atoms with Crippen LogP contribution in [0.15, 0.2) is 4.99 Å². The van der Waals surface area contributed by atoms with Gasteiger partial charge in [-0.3, -0.25) is 4.99 Å². The van der Waals surface area contributed by atoms with E-state index in [1.807, 2.05) is 6.92 Å². The Hall–Kier alpha value is -0.530. The van der Waals surface area contributed by atoms with E-state index in [-0.39, 0.29) is 0 Å². The predicted molar refractivity (Wildman–Crippen MR) is 42.6 cm³/mol. The number of hydrogen-bond acceptors (Lipinski definition) is 1. The third-order valence-electron chi connectivity index (χ3n) is 2.01. The Morgan fingerprint density at radius 3 is 3.00 bits per heavy atom. The highest BCUT2D eigenvalue weighted by atomic mass is 16.3. The van der Waals surface area contributed by atoms with Crippen molar-refractivity contribution in [2.45, 2.75) is 32.6 Å². The molecule has 0 aromatic rings. The molecule has 2 heteroatoms. The molecule has 0 aromatic heterocycles. The molecule has 0 saturated carbocycles. The second-order valence-electron chi connectivity index (χ2n) is 2.99. The van der Waals surface area contributed by atoms with E-state index in [2.05, 4.69) is 4.99 Å². The fraction of sp³-hybridized carbons (Fsp3) is 0.875. The Kier molecular flexibility index (Phi) is 2.72. The summed E-state index contributed by atoms with van der Waals surface area (Å²) in [7, 11) is 0. The van der Waals surface area contributed by atoms with Gasteiger partial charge in [0.1, 0.15) is 0 Å². The second-order valence-corrected chi connectivity index (χ2v) is 2.99. The average molecular weight is 141 g/mol. The lowest BCUT2D eigenvalue weighted by molar-refractivity contribution is 0.449. The Balaban J connectivity index is 2.48. The summed E-state index contributed by atoms with van der Waals surface area (Å²) in [6.45, 7) is 2.85. The van der Waals surface area contributed by atoms with E-state index in [9.17, 15) is 5.11 Å². The molecule has 0 amide bonds. The van der Waals surface area contributed by atoms with Gasteiger partial charge in [-0.05, 0) is 12.8 Å². The second kappa shape index (κ2) is 3.59. The molecule has 1 aliphatic rings. The molecule has 0 saturated heterocycles. The minimum Gasteiger partial charge on any atom is -0.496 e. The molecule has 0 aliphatic carbocycles. The zero-order valence-electron chi connectivity index (χ0n) is 6.51. The zero-order chi connectivity index (χ0) is 7.40. The Labute approximate surface area is 62.0 Å². The van der Waals surface area contributed by atoms with Crippen LogP contribution >= 0.6 is 0 Å². The molecule has 1 atom stereocenters. The van der Waals surface area contributed by atoms with Gasteiger partial charge in [0.2, 0.25) is 0 Å². The van der Waals surface area contributed by atoms with Crippen LogP contribution in [-0.2, 0) is 0 Å².